The molecule has 0 heterocycles. The molecule has 3 nitrogen and oxygen atoms in total. The van der Waals surface area contributed by atoms with Crippen molar-refractivity contribution in [2.45, 2.75) is 81.9 Å². The fraction of sp³-hybridized carbons (Fsp3) is 1.00. The number of aliphatic hydroxyl groups is 3. The molecule has 0 aromatic carbocycles. The van der Waals surface area contributed by atoms with E-state index in [1.807, 2.05) is 13.8 Å². The zero-order valence-electron chi connectivity index (χ0n) is 13.7. The molecule has 0 rings (SSSR count). The first-order chi connectivity index (χ1) is 9.34. The molecule has 0 saturated heterocycles. The number of rotatable bonds is 5. The van der Waals surface area contributed by atoms with Gasteiger partial charge in [0.25, 0.3) is 0 Å². The minimum absolute atomic E-state index is 0.116. The molecule has 0 aromatic heterocycles. The van der Waals surface area contributed by atoms with Crippen LogP contribution in [0.1, 0.15) is 54.4 Å². The van der Waals surface area contributed by atoms with E-state index >= 15 is 0 Å². The Labute approximate surface area is 149 Å². The van der Waals surface area contributed by atoms with Crippen LogP contribution >= 0.6 is 46.4 Å². The van der Waals surface area contributed by atoms with Crippen LogP contribution in [0.15, 0.2) is 0 Å². The van der Waals surface area contributed by atoms with Gasteiger partial charge in [0, 0.05) is 5.92 Å². The molecule has 0 fully saturated rings. The van der Waals surface area contributed by atoms with Crippen LogP contribution in [-0.2, 0) is 0 Å². The van der Waals surface area contributed by atoms with Crippen molar-refractivity contribution >= 4 is 46.4 Å². The minimum Gasteiger partial charge on any atom is -0.393 e. The Hall–Kier alpha value is 1.04. The van der Waals surface area contributed by atoms with Gasteiger partial charge >= 0.3 is 0 Å². The van der Waals surface area contributed by atoms with Crippen molar-refractivity contribution in [3.8, 4) is 0 Å². The van der Waals surface area contributed by atoms with Gasteiger partial charge in [-0.05, 0) is 33.6 Å². The van der Waals surface area contributed by atoms with Gasteiger partial charge in [0.15, 0.2) is 0 Å². The fourth-order valence-corrected chi connectivity index (χ4v) is 1.36. The van der Waals surface area contributed by atoms with Crippen molar-refractivity contribution in [1.82, 2.24) is 0 Å². The molecule has 0 amide bonds. The fourth-order valence-electron chi connectivity index (χ4n) is 0.454. The van der Waals surface area contributed by atoms with Gasteiger partial charge in [0.05, 0.1) is 17.8 Å². The maximum atomic E-state index is 9.60. The lowest BCUT2D eigenvalue weighted by Crippen LogP contribution is -2.42. The summed E-state index contributed by atoms with van der Waals surface area (Å²) in [5.41, 5.74) is -1.25. The molecule has 132 valence electrons. The summed E-state index contributed by atoms with van der Waals surface area (Å²) in [6.07, 6.45) is 1.49. The molecule has 0 radical (unpaired) electrons. The maximum Gasteiger partial charge on any atom is 0.136 e. The summed E-state index contributed by atoms with van der Waals surface area (Å²) in [7, 11) is 0. The maximum absolute atomic E-state index is 9.60. The van der Waals surface area contributed by atoms with Crippen LogP contribution in [0.4, 0.5) is 0 Å². The summed E-state index contributed by atoms with van der Waals surface area (Å²) in [6, 6.07) is 0. The first-order valence-corrected chi connectivity index (χ1v) is 8.73. The Morgan fingerprint density at radius 1 is 0.857 bits per heavy atom. The molecular weight excluding hydrogens is 358 g/mol. The topological polar surface area (TPSA) is 60.7 Å². The van der Waals surface area contributed by atoms with Crippen molar-refractivity contribution in [2.75, 3.05) is 0 Å². The lowest BCUT2D eigenvalue weighted by Gasteiger charge is -2.31. The van der Waals surface area contributed by atoms with Gasteiger partial charge in [0.1, 0.15) is 9.67 Å². The monoisotopic (exact) mass is 386 g/mol. The third-order valence-electron chi connectivity index (χ3n) is 2.92. The number of halogens is 4. The number of alkyl halides is 4. The van der Waals surface area contributed by atoms with Crippen LogP contribution in [0, 0.1) is 5.92 Å². The normalized spacial score (nSPS) is 17.9. The van der Waals surface area contributed by atoms with Crippen molar-refractivity contribution in [1.29, 1.82) is 0 Å². The van der Waals surface area contributed by atoms with Gasteiger partial charge in [-0.3, -0.25) is 0 Å². The standard InChI is InChI=1S/C6H10Cl4O.2C4H10O/c1-3(4(7)8)6(2,11)5(9)10;2*1-3-4(2)5/h3-5,11H,1-2H3;2*4-5H,3H2,1-2H3. The molecule has 4 unspecified atom stereocenters. The molecule has 0 saturated carbocycles. The van der Waals surface area contributed by atoms with Gasteiger partial charge in [-0.1, -0.05) is 20.8 Å². The van der Waals surface area contributed by atoms with Crippen LogP contribution in [0.2, 0.25) is 0 Å². The molecule has 3 N–H and O–H groups in total. The summed E-state index contributed by atoms with van der Waals surface area (Å²) >= 11 is 22.1. The SMILES string of the molecule is CC(C(Cl)Cl)C(C)(O)C(Cl)Cl.CCC(C)O.CCC(C)O. The van der Waals surface area contributed by atoms with E-state index in [4.69, 9.17) is 56.6 Å². The molecule has 0 aliphatic rings. The van der Waals surface area contributed by atoms with E-state index in [-0.39, 0.29) is 18.1 Å². The molecule has 0 bridgehead atoms. The molecule has 0 aliphatic carbocycles. The summed E-state index contributed by atoms with van der Waals surface area (Å²) in [5.74, 6) is -0.370. The highest BCUT2D eigenvalue weighted by Gasteiger charge is 2.38. The van der Waals surface area contributed by atoms with Crippen molar-refractivity contribution in [3.63, 3.8) is 0 Å². The summed E-state index contributed by atoms with van der Waals surface area (Å²) in [6.45, 7) is 10.6. The van der Waals surface area contributed by atoms with Crippen molar-refractivity contribution in [3.05, 3.63) is 0 Å². The number of aliphatic hydroxyl groups excluding tert-OH is 2. The smallest absolute Gasteiger partial charge is 0.136 e. The van der Waals surface area contributed by atoms with Crippen LogP contribution in [0.5, 0.6) is 0 Å². The predicted octanol–water partition coefficient (Wildman–Crippen LogP) is 4.54. The highest BCUT2D eigenvalue weighted by molar-refractivity contribution is 6.46. The first-order valence-electron chi connectivity index (χ1n) is 6.99. The Balaban J connectivity index is -0.000000270. The number of hydrogen-bond donors (Lipinski definition) is 3. The lowest BCUT2D eigenvalue weighted by atomic mass is 9.94. The van der Waals surface area contributed by atoms with Gasteiger partial charge < -0.3 is 15.3 Å². The van der Waals surface area contributed by atoms with Crippen LogP contribution in [0.25, 0.3) is 0 Å². The van der Waals surface area contributed by atoms with E-state index in [2.05, 4.69) is 0 Å². The van der Waals surface area contributed by atoms with Crippen molar-refractivity contribution < 1.29 is 15.3 Å². The third-order valence-corrected chi connectivity index (χ3v) is 4.56. The highest BCUT2D eigenvalue weighted by atomic mass is 35.5. The molecular formula is C14H30Cl4O3. The molecule has 7 heteroatoms. The first kappa shape index (κ1) is 26.9. The Kier molecular flexibility index (Phi) is 18.7. The lowest BCUT2D eigenvalue weighted by molar-refractivity contribution is 0.0247. The van der Waals surface area contributed by atoms with E-state index < -0.39 is 15.3 Å². The van der Waals surface area contributed by atoms with E-state index in [0.29, 0.717) is 0 Å². The van der Waals surface area contributed by atoms with Gasteiger partial charge in [-0.25, -0.2) is 0 Å². The zero-order valence-corrected chi connectivity index (χ0v) is 16.7. The second kappa shape index (κ2) is 14.6. The quantitative estimate of drug-likeness (QED) is 0.607. The van der Waals surface area contributed by atoms with E-state index in [1.54, 1.807) is 20.8 Å². The largest absolute Gasteiger partial charge is 0.393 e. The van der Waals surface area contributed by atoms with E-state index in [0.717, 1.165) is 12.8 Å². The Morgan fingerprint density at radius 2 is 1.10 bits per heavy atom. The average Bonchev–Trinajstić information content (AvgIpc) is 2.38. The molecule has 21 heavy (non-hydrogen) atoms. The minimum atomic E-state index is -1.25. The molecule has 4 atom stereocenters. The van der Waals surface area contributed by atoms with E-state index in [1.165, 1.54) is 6.92 Å². The Morgan fingerprint density at radius 3 is 1.14 bits per heavy atom. The third kappa shape index (κ3) is 17.2. The molecule has 0 aliphatic heterocycles. The van der Waals surface area contributed by atoms with Crippen LogP contribution < -0.4 is 0 Å². The predicted molar refractivity (Wildman–Crippen MR) is 94.7 cm³/mol. The Bertz CT molecular complexity index is 214. The highest BCUT2D eigenvalue weighted by Crippen LogP contribution is 2.33. The summed E-state index contributed by atoms with van der Waals surface area (Å²) in [5, 5.41) is 26.3. The van der Waals surface area contributed by atoms with Gasteiger partial charge in [-0.2, -0.15) is 0 Å². The molecule has 0 aromatic rings. The van der Waals surface area contributed by atoms with Crippen LogP contribution in [0.3, 0.4) is 0 Å². The number of hydrogen-bond acceptors (Lipinski definition) is 3. The average molecular weight is 388 g/mol. The van der Waals surface area contributed by atoms with E-state index in [9.17, 15) is 5.11 Å². The van der Waals surface area contributed by atoms with Crippen molar-refractivity contribution in [2.24, 2.45) is 5.92 Å². The van der Waals surface area contributed by atoms with Gasteiger partial charge in [0.2, 0.25) is 0 Å². The summed E-state index contributed by atoms with van der Waals surface area (Å²) in [4.78, 5) is -1.57. The summed E-state index contributed by atoms with van der Waals surface area (Å²) < 4.78 is 0. The zero-order chi connectivity index (χ0) is 17.8. The van der Waals surface area contributed by atoms with Crippen LogP contribution in [-0.4, -0.2) is 42.8 Å². The second-order valence-electron chi connectivity index (χ2n) is 5.16. The van der Waals surface area contributed by atoms with Gasteiger partial charge in [-0.15, -0.1) is 46.4 Å². The second-order valence-corrected chi connectivity index (χ2v) is 7.42. The molecule has 0 spiro atoms.